The molecule has 5 nitrogen and oxygen atoms in total. The molecule has 2 aromatic carbocycles. The summed E-state index contributed by atoms with van der Waals surface area (Å²) >= 11 is 0. The Hall–Kier alpha value is -2.69. The van der Waals surface area contributed by atoms with Gasteiger partial charge in [0.1, 0.15) is 5.75 Å². The fourth-order valence-corrected chi connectivity index (χ4v) is 2.26. The molecular weight excluding hydrogens is 330 g/mol. The van der Waals surface area contributed by atoms with Crippen LogP contribution in [0.5, 0.6) is 17.2 Å². The number of hydrogen-bond donors (Lipinski definition) is 1. The Morgan fingerprint density at radius 3 is 2.50 bits per heavy atom. The number of benzene rings is 2. The summed E-state index contributed by atoms with van der Waals surface area (Å²) in [7, 11) is 1.61. The van der Waals surface area contributed by atoms with Gasteiger partial charge in [-0.1, -0.05) is 38.1 Å². The minimum absolute atomic E-state index is 0.0163. The predicted molar refractivity (Wildman–Crippen MR) is 102 cm³/mol. The average molecular weight is 357 g/mol. The molecule has 0 bridgehead atoms. The Morgan fingerprint density at radius 2 is 1.81 bits per heavy atom. The number of rotatable bonds is 10. The summed E-state index contributed by atoms with van der Waals surface area (Å²) < 4.78 is 16.6. The highest BCUT2D eigenvalue weighted by Gasteiger charge is 2.08. The number of methoxy groups -OCH3 is 1. The molecule has 0 saturated carbocycles. The molecule has 140 valence electrons. The van der Waals surface area contributed by atoms with E-state index < -0.39 is 0 Å². The average Bonchev–Trinajstić information content (AvgIpc) is 2.65. The fourth-order valence-electron chi connectivity index (χ4n) is 2.26. The number of para-hydroxylation sites is 1. The van der Waals surface area contributed by atoms with E-state index in [1.54, 1.807) is 7.11 Å². The molecule has 0 atom stereocenters. The smallest absolute Gasteiger partial charge is 0.258 e. The van der Waals surface area contributed by atoms with Crippen LogP contribution in [-0.4, -0.2) is 26.2 Å². The van der Waals surface area contributed by atoms with Crippen LogP contribution in [0, 0.1) is 5.92 Å². The molecule has 0 aliphatic carbocycles. The fraction of sp³-hybridized carbons (Fsp3) is 0.381. The first-order chi connectivity index (χ1) is 12.6. The molecule has 0 heterocycles. The lowest BCUT2D eigenvalue weighted by molar-refractivity contribution is -0.123. The zero-order valence-corrected chi connectivity index (χ0v) is 15.7. The van der Waals surface area contributed by atoms with Crippen LogP contribution in [-0.2, 0) is 11.3 Å². The molecular formula is C21H27NO4. The second-order valence-corrected chi connectivity index (χ2v) is 6.39. The largest absolute Gasteiger partial charge is 0.493 e. The highest BCUT2D eigenvalue weighted by Crippen LogP contribution is 2.28. The van der Waals surface area contributed by atoms with Crippen LogP contribution in [0.15, 0.2) is 48.5 Å². The van der Waals surface area contributed by atoms with Crippen molar-refractivity contribution in [2.24, 2.45) is 5.92 Å². The molecule has 2 rings (SSSR count). The molecule has 1 N–H and O–H groups in total. The lowest BCUT2D eigenvalue weighted by Gasteiger charge is -2.13. The van der Waals surface area contributed by atoms with Gasteiger partial charge >= 0.3 is 0 Å². The lowest BCUT2D eigenvalue weighted by Crippen LogP contribution is -2.28. The van der Waals surface area contributed by atoms with Crippen molar-refractivity contribution in [2.45, 2.75) is 26.8 Å². The monoisotopic (exact) mass is 357 g/mol. The van der Waals surface area contributed by atoms with Crippen molar-refractivity contribution in [1.29, 1.82) is 0 Å². The van der Waals surface area contributed by atoms with E-state index in [1.165, 1.54) is 0 Å². The number of hydrogen-bond acceptors (Lipinski definition) is 4. The minimum atomic E-state index is -0.176. The van der Waals surface area contributed by atoms with Crippen LogP contribution >= 0.6 is 0 Å². The number of nitrogens with one attached hydrogen (secondary N) is 1. The van der Waals surface area contributed by atoms with Gasteiger partial charge in [0, 0.05) is 6.54 Å². The molecule has 26 heavy (non-hydrogen) atoms. The van der Waals surface area contributed by atoms with Gasteiger partial charge in [-0.15, -0.1) is 0 Å². The van der Waals surface area contributed by atoms with Crippen LogP contribution < -0.4 is 19.5 Å². The summed E-state index contributed by atoms with van der Waals surface area (Å²) in [5, 5.41) is 2.84. The van der Waals surface area contributed by atoms with Crippen molar-refractivity contribution in [3.05, 3.63) is 54.1 Å². The van der Waals surface area contributed by atoms with E-state index in [0.29, 0.717) is 30.6 Å². The first kappa shape index (κ1) is 19.6. The Labute approximate surface area is 155 Å². The van der Waals surface area contributed by atoms with Crippen molar-refractivity contribution in [1.82, 2.24) is 5.32 Å². The molecule has 1 amide bonds. The molecule has 0 saturated heterocycles. The third-order valence-electron chi connectivity index (χ3n) is 3.78. The van der Waals surface area contributed by atoms with Gasteiger partial charge in [-0.3, -0.25) is 4.79 Å². The zero-order chi connectivity index (χ0) is 18.8. The predicted octanol–water partition coefficient (Wildman–Crippen LogP) is 3.82. The van der Waals surface area contributed by atoms with Crippen molar-refractivity contribution >= 4 is 5.91 Å². The molecule has 0 aliphatic heterocycles. The van der Waals surface area contributed by atoms with Crippen molar-refractivity contribution in [2.75, 3.05) is 20.3 Å². The molecule has 0 spiro atoms. The van der Waals surface area contributed by atoms with Crippen LogP contribution in [0.4, 0.5) is 0 Å². The maximum absolute atomic E-state index is 11.9. The second kappa shape index (κ2) is 10.3. The van der Waals surface area contributed by atoms with Crippen molar-refractivity contribution in [3.63, 3.8) is 0 Å². The first-order valence-electron chi connectivity index (χ1n) is 8.82. The van der Waals surface area contributed by atoms with E-state index in [1.807, 2.05) is 48.5 Å². The quantitative estimate of drug-likeness (QED) is 0.702. The van der Waals surface area contributed by atoms with Crippen molar-refractivity contribution < 1.29 is 19.0 Å². The SMILES string of the molecule is COc1cc(CNC(=O)COc2ccccc2)ccc1OCCC(C)C. The molecule has 0 aliphatic rings. The van der Waals surface area contributed by atoms with Gasteiger partial charge in [0.2, 0.25) is 0 Å². The van der Waals surface area contributed by atoms with Gasteiger partial charge in [-0.05, 0) is 42.2 Å². The summed E-state index contributed by atoms with van der Waals surface area (Å²) in [6, 6.07) is 14.9. The third-order valence-corrected chi connectivity index (χ3v) is 3.78. The maximum atomic E-state index is 11.9. The van der Waals surface area contributed by atoms with Gasteiger partial charge in [-0.2, -0.15) is 0 Å². The van der Waals surface area contributed by atoms with Gasteiger partial charge in [0.05, 0.1) is 13.7 Å². The summed E-state index contributed by atoms with van der Waals surface area (Å²) in [6.07, 6.45) is 0.988. The Balaban J connectivity index is 1.82. The standard InChI is InChI=1S/C21H27NO4/c1-16(2)11-12-25-19-10-9-17(13-20(19)24-3)14-22-21(23)15-26-18-7-5-4-6-8-18/h4-10,13,16H,11-12,14-15H2,1-3H3,(H,22,23). The molecule has 0 fully saturated rings. The van der Waals surface area contributed by atoms with E-state index in [9.17, 15) is 4.79 Å². The molecule has 2 aromatic rings. The van der Waals surface area contributed by atoms with Crippen molar-refractivity contribution in [3.8, 4) is 17.2 Å². The summed E-state index contributed by atoms with van der Waals surface area (Å²) in [4.78, 5) is 11.9. The third kappa shape index (κ3) is 6.67. The van der Waals surface area contributed by atoms with E-state index in [-0.39, 0.29) is 12.5 Å². The second-order valence-electron chi connectivity index (χ2n) is 6.39. The molecule has 0 unspecified atom stereocenters. The number of carbonyl (C=O) groups is 1. The van der Waals surface area contributed by atoms with Gasteiger partial charge in [0.25, 0.3) is 5.91 Å². The highest BCUT2D eigenvalue weighted by molar-refractivity contribution is 5.77. The lowest BCUT2D eigenvalue weighted by atomic mass is 10.1. The first-order valence-corrected chi connectivity index (χ1v) is 8.82. The number of carbonyl (C=O) groups excluding carboxylic acids is 1. The van der Waals surface area contributed by atoms with E-state index in [0.717, 1.165) is 17.7 Å². The molecule has 0 aromatic heterocycles. The summed E-state index contributed by atoms with van der Waals surface area (Å²) in [5.74, 6) is 2.47. The Kier molecular flexibility index (Phi) is 7.80. The maximum Gasteiger partial charge on any atom is 0.258 e. The van der Waals surface area contributed by atoms with Crippen LogP contribution in [0.25, 0.3) is 0 Å². The number of ether oxygens (including phenoxy) is 3. The van der Waals surface area contributed by atoms with Crippen LogP contribution in [0.2, 0.25) is 0 Å². The molecule has 0 radical (unpaired) electrons. The van der Waals surface area contributed by atoms with E-state index in [2.05, 4.69) is 19.2 Å². The normalized spacial score (nSPS) is 10.5. The Bertz CT molecular complexity index is 686. The summed E-state index contributed by atoms with van der Waals surface area (Å²) in [6.45, 7) is 5.36. The van der Waals surface area contributed by atoms with E-state index in [4.69, 9.17) is 14.2 Å². The summed E-state index contributed by atoms with van der Waals surface area (Å²) in [5.41, 5.74) is 0.936. The number of amides is 1. The topological polar surface area (TPSA) is 56.8 Å². The van der Waals surface area contributed by atoms with Gasteiger partial charge in [-0.25, -0.2) is 0 Å². The highest BCUT2D eigenvalue weighted by atomic mass is 16.5. The van der Waals surface area contributed by atoms with Crippen LogP contribution in [0.1, 0.15) is 25.8 Å². The van der Waals surface area contributed by atoms with Gasteiger partial charge < -0.3 is 19.5 Å². The van der Waals surface area contributed by atoms with Crippen LogP contribution in [0.3, 0.4) is 0 Å². The minimum Gasteiger partial charge on any atom is -0.493 e. The Morgan fingerprint density at radius 1 is 1.04 bits per heavy atom. The zero-order valence-electron chi connectivity index (χ0n) is 15.7. The molecule has 5 heteroatoms. The van der Waals surface area contributed by atoms with E-state index >= 15 is 0 Å². The van der Waals surface area contributed by atoms with Gasteiger partial charge in [0.15, 0.2) is 18.1 Å².